The number of nitrogens with zero attached hydrogens (tertiary/aromatic N) is 1. The van der Waals surface area contributed by atoms with Crippen molar-refractivity contribution in [1.29, 1.82) is 0 Å². The van der Waals surface area contributed by atoms with Gasteiger partial charge in [-0.3, -0.25) is 0 Å². The van der Waals surface area contributed by atoms with Crippen molar-refractivity contribution in [3.8, 4) is 0 Å². The van der Waals surface area contributed by atoms with Gasteiger partial charge in [-0.15, -0.1) is 0 Å². The first kappa shape index (κ1) is 10.8. The molecule has 0 aliphatic heterocycles. The topological polar surface area (TPSA) is 32.6 Å². The molecule has 80 valence electrons. The molecule has 0 fully saturated rings. The van der Waals surface area contributed by atoms with Crippen molar-refractivity contribution in [1.82, 2.24) is 0 Å². The second-order valence-electron chi connectivity index (χ2n) is 3.19. The summed E-state index contributed by atoms with van der Waals surface area (Å²) in [4.78, 5) is 1.05. The average molecular weight is 229 g/mol. The fourth-order valence-corrected chi connectivity index (χ4v) is 2.13. The molecule has 2 aromatic rings. The van der Waals surface area contributed by atoms with E-state index in [4.69, 9.17) is 5.21 Å². The molecule has 3 heteroatoms. The lowest BCUT2D eigenvalue weighted by atomic mass is 10.2. The largest absolute Gasteiger partial charge is 0.410 e. The van der Waals surface area contributed by atoms with Gasteiger partial charge in [0, 0.05) is 10.5 Å². The monoisotopic (exact) mass is 229 g/mol. The Balaban J connectivity index is 2.20. The third-order valence-electron chi connectivity index (χ3n) is 2.07. The van der Waals surface area contributed by atoms with E-state index in [1.807, 2.05) is 60.7 Å². The van der Waals surface area contributed by atoms with Gasteiger partial charge < -0.3 is 5.21 Å². The molecular weight excluding hydrogens is 218 g/mol. The Morgan fingerprint density at radius 2 is 1.44 bits per heavy atom. The summed E-state index contributed by atoms with van der Waals surface area (Å²) < 4.78 is 0. The first-order valence-electron chi connectivity index (χ1n) is 4.90. The number of rotatable bonds is 2. The van der Waals surface area contributed by atoms with Crippen LogP contribution in [0.3, 0.4) is 0 Å². The smallest absolute Gasteiger partial charge is 0.147 e. The molecule has 2 aromatic carbocycles. The quantitative estimate of drug-likeness (QED) is 0.280. The third kappa shape index (κ3) is 2.64. The first-order valence-corrected chi connectivity index (χ1v) is 5.72. The summed E-state index contributed by atoms with van der Waals surface area (Å²) in [6.45, 7) is 0. The highest BCUT2D eigenvalue weighted by Gasteiger charge is 2.05. The molecule has 0 amide bonds. The van der Waals surface area contributed by atoms with E-state index >= 15 is 0 Å². The van der Waals surface area contributed by atoms with E-state index in [2.05, 4.69) is 5.16 Å². The molecule has 0 aromatic heterocycles. The van der Waals surface area contributed by atoms with Crippen LogP contribution in [0.2, 0.25) is 0 Å². The summed E-state index contributed by atoms with van der Waals surface area (Å²) in [5.74, 6) is 0. The van der Waals surface area contributed by atoms with E-state index in [1.54, 1.807) is 0 Å². The molecule has 0 saturated carbocycles. The lowest BCUT2D eigenvalue weighted by molar-refractivity contribution is 0.321. The Hall–Kier alpha value is -1.74. The number of benzene rings is 2. The van der Waals surface area contributed by atoms with E-state index in [-0.39, 0.29) is 0 Å². The SMILES string of the molecule is O/N=C(/Sc1ccccc1)c1ccccc1. The summed E-state index contributed by atoms with van der Waals surface area (Å²) in [5.41, 5.74) is 0.916. The van der Waals surface area contributed by atoms with Crippen LogP contribution in [0.15, 0.2) is 70.7 Å². The zero-order chi connectivity index (χ0) is 11.2. The molecule has 0 aliphatic rings. The van der Waals surface area contributed by atoms with Crippen molar-refractivity contribution in [2.24, 2.45) is 5.16 Å². The summed E-state index contributed by atoms with van der Waals surface area (Å²) in [6, 6.07) is 19.5. The molecule has 2 nitrogen and oxygen atoms in total. The Morgan fingerprint density at radius 1 is 0.875 bits per heavy atom. The highest BCUT2D eigenvalue weighted by Crippen LogP contribution is 2.22. The number of hydrogen-bond donors (Lipinski definition) is 1. The molecule has 2 rings (SSSR count). The van der Waals surface area contributed by atoms with Crippen LogP contribution in [-0.4, -0.2) is 10.3 Å². The summed E-state index contributed by atoms with van der Waals surface area (Å²) in [5, 5.41) is 12.9. The molecule has 0 heterocycles. The predicted molar refractivity (Wildman–Crippen MR) is 67.1 cm³/mol. The van der Waals surface area contributed by atoms with Gasteiger partial charge in [-0.1, -0.05) is 65.4 Å². The van der Waals surface area contributed by atoms with E-state index < -0.39 is 0 Å². The van der Waals surface area contributed by atoms with Gasteiger partial charge in [-0.25, -0.2) is 0 Å². The normalized spacial score (nSPS) is 11.4. The van der Waals surface area contributed by atoms with E-state index in [0.29, 0.717) is 5.04 Å². The Labute approximate surface area is 98.6 Å². The van der Waals surface area contributed by atoms with Crippen LogP contribution in [0, 0.1) is 0 Å². The Bertz CT molecular complexity index is 468. The molecule has 0 unspecified atom stereocenters. The van der Waals surface area contributed by atoms with Crippen molar-refractivity contribution in [2.45, 2.75) is 4.90 Å². The molecule has 16 heavy (non-hydrogen) atoms. The molecule has 0 aliphatic carbocycles. The third-order valence-corrected chi connectivity index (χ3v) is 3.09. The minimum absolute atomic E-state index is 0.604. The zero-order valence-corrected chi connectivity index (χ0v) is 9.39. The molecule has 0 bridgehead atoms. The molecule has 0 atom stereocenters. The maximum absolute atomic E-state index is 9.01. The van der Waals surface area contributed by atoms with Crippen molar-refractivity contribution in [3.05, 3.63) is 66.2 Å². The van der Waals surface area contributed by atoms with Gasteiger partial charge in [-0.2, -0.15) is 0 Å². The average Bonchev–Trinajstić information content (AvgIpc) is 2.38. The molecule has 0 radical (unpaired) electrons. The first-order chi connectivity index (χ1) is 7.90. The van der Waals surface area contributed by atoms with Gasteiger partial charge in [0.2, 0.25) is 0 Å². The van der Waals surface area contributed by atoms with Gasteiger partial charge in [0.1, 0.15) is 5.04 Å². The highest BCUT2D eigenvalue weighted by atomic mass is 32.2. The lowest BCUT2D eigenvalue weighted by Crippen LogP contribution is -1.94. The predicted octanol–water partition coefficient (Wildman–Crippen LogP) is 3.61. The molecular formula is C13H11NOS. The minimum Gasteiger partial charge on any atom is -0.410 e. The van der Waals surface area contributed by atoms with Crippen LogP contribution in [-0.2, 0) is 0 Å². The van der Waals surface area contributed by atoms with Crippen LogP contribution in [0.25, 0.3) is 0 Å². The van der Waals surface area contributed by atoms with Gasteiger partial charge >= 0.3 is 0 Å². The summed E-state index contributed by atoms with van der Waals surface area (Å²) in [6.07, 6.45) is 0. The van der Waals surface area contributed by atoms with Gasteiger partial charge in [0.15, 0.2) is 0 Å². The molecule has 0 spiro atoms. The fourth-order valence-electron chi connectivity index (χ4n) is 1.32. The van der Waals surface area contributed by atoms with Gasteiger partial charge in [0.25, 0.3) is 0 Å². The minimum atomic E-state index is 0.604. The number of hydrogen-bond acceptors (Lipinski definition) is 3. The van der Waals surface area contributed by atoms with Crippen molar-refractivity contribution in [3.63, 3.8) is 0 Å². The highest BCUT2D eigenvalue weighted by molar-refractivity contribution is 8.14. The van der Waals surface area contributed by atoms with Crippen LogP contribution in [0.1, 0.15) is 5.56 Å². The van der Waals surface area contributed by atoms with E-state index in [9.17, 15) is 0 Å². The standard InChI is InChI=1S/C13H11NOS/c15-14-13(11-7-3-1-4-8-11)16-12-9-5-2-6-10-12/h1-10,15H/b14-13+. The Morgan fingerprint density at radius 3 is 2.00 bits per heavy atom. The van der Waals surface area contributed by atoms with Crippen LogP contribution in [0.4, 0.5) is 0 Å². The number of thioether (sulfide) groups is 1. The second kappa shape index (κ2) is 5.37. The van der Waals surface area contributed by atoms with Gasteiger partial charge in [0.05, 0.1) is 0 Å². The molecule has 0 saturated heterocycles. The summed E-state index contributed by atoms with van der Waals surface area (Å²) in [7, 11) is 0. The maximum atomic E-state index is 9.01. The maximum Gasteiger partial charge on any atom is 0.147 e. The van der Waals surface area contributed by atoms with Crippen molar-refractivity contribution >= 4 is 16.8 Å². The van der Waals surface area contributed by atoms with E-state index in [0.717, 1.165) is 10.5 Å². The van der Waals surface area contributed by atoms with Crippen LogP contribution < -0.4 is 0 Å². The second-order valence-corrected chi connectivity index (χ2v) is 4.25. The lowest BCUT2D eigenvalue weighted by Gasteiger charge is -2.03. The van der Waals surface area contributed by atoms with Crippen LogP contribution >= 0.6 is 11.8 Å². The van der Waals surface area contributed by atoms with E-state index in [1.165, 1.54) is 11.8 Å². The van der Waals surface area contributed by atoms with Crippen molar-refractivity contribution in [2.75, 3.05) is 0 Å². The molecule has 1 N–H and O–H groups in total. The number of oxime groups is 1. The summed E-state index contributed by atoms with van der Waals surface area (Å²) >= 11 is 1.44. The van der Waals surface area contributed by atoms with Crippen molar-refractivity contribution < 1.29 is 5.21 Å². The van der Waals surface area contributed by atoms with Gasteiger partial charge in [-0.05, 0) is 12.1 Å². The zero-order valence-electron chi connectivity index (χ0n) is 8.58. The fraction of sp³-hybridized carbons (Fsp3) is 0. The Kier molecular flexibility index (Phi) is 3.62. The van der Waals surface area contributed by atoms with Crippen LogP contribution in [0.5, 0.6) is 0 Å².